The highest BCUT2D eigenvalue weighted by Gasteiger charge is 2.32. The van der Waals surface area contributed by atoms with E-state index in [2.05, 4.69) is 79.5 Å². The van der Waals surface area contributed by atoms with E-state index < -0.39 is 15.3 Å². The molecule has 1 aromatic carbocycles. The van der Waals surface area contributed by atoms with Crippen molar-refractivity contribution in [2.45, 2.75) is 97.9 Å². The molecule has 0 spiro atoms. The molecule has 1 amide bonds. The number of sulfonamides is 1. The second-order valence-electron chi connectivity index (χ2n) is 13.6. The highest BCUT2D eigenvalue weighted by Crippen LogP contribution is 2.37. The van der Waals surface area contributed by atoms with Crippen molar-refractivity contribution in [1.29, 1.82) is 0 Å². The Balaban J connectivity index is 0.00000130. The maximum atomic E-state index is 13.7. The zero-order valence-corrected chi connectivity index (χ0v) is 29.4. The molecule has 9 heteroatoms. The predicted molar refractivity (Wildman–Crippen MR) is 187 cm³/mol. The van der Waals surface area contributed by atoms with E-state index in [0.717, 1.165) is 30.9 Å². The minimum Gasteiger partial charge on any atom is -0.370 e. The smallest absolute Gasteiger partial charge is 0.251 e. The SMILES string of the molecule is CC(C#CC1CC1)NCC[C@H](Cc1ccccc1)NC(=O)c1cc(NCC2C[C@@H]2C)nc(N(C)S(=O)(=O)C(C)C)c1.CC(C)C. The molecule has 2 unspecified atom stereocenters. The van der Waals surface area contributed by atoms with Crippen LogP contribution in [0.5, 0.6) is 0 Å². The van der Waals surface area contributed by atoms with Crippen LogP contribution in [0.15, 0.2) is 42.5 Å². The van der Waals surface area contributed by atoms with Gasteiger partial charge in [-0.1, -0.05) is 69.9 Å². The van der Waals surface area contributed by atoms with Crippen LogP contribution >= 0.6 is 0 Å². The molecule has 0 saturated heterocycles. The molecule has 4 atom stereocenters. The largest absolute Gasteiger partial charge is 0.370 e. The molecule has 2 aliphatic carbocycles. The van der Waals surface area contributed by atoms with Crippen LogP contribution in [0, 0.1) is 35.5 Å². The molecular formula is C36H55N5O3S. The van der Waals surface area contributed by atoms with Crippen LogP contribution in [-0.4, -0.2) is 56.8 Å². The first-order valence-electron chi connectivity index (χ1n) is 16.6. The van der Waals surface area contributed by atoms with E-state index in [0.29, 0.717) is 42.1 Å². The fourth-order valence-electron chi connectivity index (χ4n) is 4.65. The van der Waals surface area contributed by atoms with E-state index in [4.69, 9.17) is 0 Å². The number of nitrogens with zero attached hydrogens (tertiary/aromatic N) is 2. The standard InChI is InChI=1S/C32H45N5O3S.C4H10/c1-22(2)41(39,40)37(5)31-20-27(19-30(36-31)34-21-28-17-23(28)3)32(38)35-29(18-26-9-7-6-8-10-26)15-16-33-24(4)11-12-25-13-14-25;1-4(2)3/h6-10,19-20,22-25,28-29,33H,13-18,21H2,1-5H3,(H,34,36)(H,35,38);4H,1-3H3/t23-,24?,28?,29+;/m0./s1. The molecule has 248 valence electrons. The lowest BCUT2D eigenvalue weighted by molar-refractivity contribution is 0.0934. The van der Waals surface area contributed by atoms with Gasteiger partial charge < -0.3 is 16.0 Å². The fourth-order valence-corrected chi connectivity index (χ4v) is 5.64. The normalized spacial score (nSPS) is 18.6. The van der Waals surface area contributed by atoms with Crippen molar-refractivity contribution in [3.05, 3.63) is 53.6 Å². The van der Waals surface area contributed by atoms with Crippen molar-refractivity contribution >= 4 is 27.6 Å². The predicted octanol–water partition coefficient (Wildman–Crippen LogP) is 6.11. The lowest BCUT2D eigenvalue weighted by atomic mass is 10.0. The van der Waals surface area contributed by atoms with Crippen molar-refractivity contribution in [1.82, 2.24) is 15.6 Å². The Hall–Kier alpha value is -3.09. The number of carbonyl (C=O) groups is 1. The maximum Gasteiger partial charge on any atom is 0.251 e. The maximum absolute atomic E-state index is 13.7. The molecule has 1 heterocycles. The van der Waals surface area contributed by atoms with Crippen LogP contribution < -0.4 is 20.3 Å². The van der Waals surface area contributed by atoms with Gasteiger partial charge >= 0.3 is 0 Å². The summed E-state index contributed by atoms with van der Waals surface area (Å²) in [6.45, 7) is 15.5. The first-order valence-corrected chi connectivity index (χ1v) is 18.1. The average molecular weight is 638 g/mol. The Morgan fingerprint density at radius 1 is 1.07 bits per heavy atom. The highest BCUT2D eigenvalue weighted by atomic mass is 32.2. The van der Waals surface area contributed by atoms with E-state index in [1.807, 2.05) is 18.2 Å². The number of nitrogens with one attached hydrogen (secondary N) is 3. The van der Waals surface area contributed by atoms with Crippen LogP contribution in [-0.2, 0) is 16.4 Å². The Kier molecular flexibility index (Phi) is 13.7. The number of hydrogen-bond acceptors (Lipinski definition) is 6. The van der Waals surface area contributed by atoms with Crippen LogP contribution in [0.4, 0.5) is 11.6 Å². The summed E-state index contributed by atoms with van der Waals surface area (Å²) in [4.78, 5) is 18.2. The summed E-state index contributed by atoms with van der Waals surface area (Å²) >= 11 is 0. The number of aromatic nitrogens is 1. The van der Waals surface area contributed by atoms with Gasteiger partial charge in [-0.25, -0.2) is 13.4 Å². The second kappa shape index (κ2) is 17.0. The lowest BCUT2D eigenvalue weighted by Gasteiger charge is -2.23. The van der Waals surface area contributed by atoms with Gasteiger partial charge in [0.1, 0.15) is 11.6 Å². The first-order chi connectivity index (χ1) is 21.3. The van der Waals surface area contributed by atoms with E-state index >= 15 is 0 Å². The van der Waals surface area contributed by atoms with Crippen LogP contribution in [0.2, 0.25) is 0 Å². The summed E-state index contributed by atoms with van der Waals surface area (Å²) < 4.78 is 27.0. The monoisotopic (exact) mass is 637 g/mol. The molecule has 2 aromatic rings. The van der Waals surface area contributed by atoms with Crippen molar-refractivity contribution < 1.29 is 13.2 Å². The molecule has 2 saturated carbocycles. The Bertz CT molecular complexity index is 1390. The number of benzene rings is 1. The molecule has 4 rings (SSSR count). The third kappa shape index (κ3) is 12.7. The van der Waals surface area contributed by atoms with Gasteiger partial charge in [0, 0.05) is 31.1 Å². The Labute approximate surface area is 272 Å². The highest BCUT2D eigenvalue weighted by molar-refractivity contribution is 7.93. The van der Waals surface area contributed by atoms with E-state index in [-0.39, 0.29) is 23.8 Å². The number of anilines is 2. The second-order valence-corrected chi connectivity index (χ2v) is 16.2. The van der Waals surface area contributed by atoms with Crippen LogP contribution in [0.3, 0.4) is 0 Å². The molecular weight excluding hydrogens is 582 g/mol. The molecule has 0 bridgehead atoms. The zero-order chi connectivity index (χ0) is 33.1. The van der Waals surface area contributed by atoms with Crippen LogP contribution in [0.25, 0.3) is 0 Å². The lowest BCUT2D eigenvalue weighted by Crippen LogP contribution is -2.40. The van der Waals surface area contributed by atoms with Gasteiger partial charge in [-0.05, 0) is 94.9 Å². The van der Waals surface area contributed by atoms with Crippen molar-refractivity contribution in [2.75, 3.05) is 29.8 Å². The fraction of sp³-hybridized carbons (Fsp3) is 0.611. The van der Waals surface area contributed by atoms with E-state index in [1.54, 1.807) is 26.0 Å². The Morgan fingerprint density at radius 2 is 1.71 bits per heavy atom. The summed E-state index contributed by atoms with van der Waals surface area (Å²) in [5, 5.41) is 9.41. The summed E-state index contributed by atoms with van der Waals surface area (Å²) in [7, 11) is -2.13. The minimum absolute atomic E-state index is 0.0905. The Morgan fingerprint density at radius 3 is 2.29 bits per heavy atom. The van der Waals surface area contributed by atoms with Gasteiger partial charge in [0.25, 0.3) is 5.91 Å². The topological polar surface area (TPSA) is 103 Å². The van der Waals surface area contributed by atoms with Gasteiger partial charge in [0.15, 0.2) is 0 Å². The number of hydrogen-bond donors (Lipinski definition) is 3. The number of rotatable bonds is 14. The third-order valence-electron chi connectivity index (χ3n) is 7.88. The molecule has 45 heavy (non-hydrogen) atoms. The van der Waals surface area contributed by atoms with Crippen LogP contribution in [0.1, 0.15) is 90.1 Å². The zero-order valence-electron chi connectivity index (χ0n) is 28.6. The first kappa shape index (κ1) is 36.4. The molecule has 0 radical (unpaired) electrons. The van der Waals surface area contributed by atoms with Gasteiger partial charge in [0.2, 0.25) is 10.0 Å². The van der Waals surface area contributed by atoms with Gasteiger partial charge in [0.05, 0.1) is 11.3 Å². The minimum atomic E-state index is -3.62. The molecule has 0 aliphatic heterocycles. The van der Waals surface area contributed by atoms with Crippen molar-refractivity contribution in [3.63, 3.8) is 0 Å². The number of pyridine rings is 1. The summed E-state index contributed by atoms with van der Waals surface area (Å²) in [6, 6.07) is 13.4. The van der Waals surface area contributed by atoms with Gasteiger partial charge in [-0.15, -0.1) is 0 Å². The van der Waals surface area contributed by atoms with Gasteiger partial charge in [-0.3, -0.25) is 9.10 Å². The molecule has 8 nitrogen and oxygen atoms in total. The number of carbonyl (C=O) groups excluding carboxylic acids is 1. The molecule has 2 fully saturated rings. The summed E-state index contributed by atoms with van der Waals surface area (Å²) in [5.74, 6) is 9.69. The van der Waals surface area contributed by atoms with Crippen molar-refractivity contribution in [3.8, 4) is 11.8 Å². The molecule has 1 aromatic heterocycles. The average Bonchev–Trinajstić information content (AvgIpc) is 3.92. The summed E-state index contributed by atoms with van der Waals surface area (Å²) in [6.07, 6.45) is 4.97. The number of amides is 1. The van der Waals surface area contributed by atoms with Crippen molar-refractivity contribution in [2.24, 2.45) is 23.7 Å². The van der Waals surface area contributed by atoms with E-state index in [9.17, 15) is 13.2 Å². The van der Waals surface area contributed by atoms with E-state index in [1.165, 1.54) is 24.2 Å². The quantitative estimate of drug-likeness (QED) is 0.216. The summed E-state index contributed by atoms with van der Waals surface area (Å²) in [5.41, 5.74) is 1.51. The third-order valence-corrected chi connectivity index (χ3v) is 10.0. The molecule has 2 aliphatic rings. The molecule has 3 N–H and O–H groups in total. The van der Waals surface area contributed by atoms with Gasteiger partial charge in [-0.2, -0.15) is 0 Å².